The normalized spacial score (nSPS) is 13.0. The number of hydrogen-bond acceptors (Lipinski definition) is 4. The van der Waals surface area contributed by atoms with Crippen molar-refractivity contribution in [2.24, 2.45) is 0 Å². The van der Waals surface area contributed by atoms with Gasteiger partial charge in [0.05, 0.1) is 5.41 Å². The summed E-state index contributed by atoms with van der Waals surface area (Å²) >= 11 is 0. The maximum absolute atomic E-state index is 6.51. The SMILES string of the molecule is c1ccc(-c2nc(-c3ccccc3)nc(-c3cccc4oc5ccc(-c6ccc7cc(-c8cccc9c8-c8ccccc8C98c9ccccc9-c9ccccc98)ccc7c6)cc5c34)n2)cc1. The molecule has 0 N–H and O–H groups in total. The first-order chi connectivity index (χ1) is 32.7. The van der Waals surface area contributed by atoms with Crippen LogP contribution in [0.4, 0.5) is 0 Å². The van der Waals surface area contributed by atoms with E-state index in [4.69, 9.17) is 19.4 Å². The number of benzene rings is 10. The Morgan fingerprint density at radius 3 is 1.47 bits per heavy atom. The van der Waals surface area contributed by atoms with Crippen LogP contribution in [0.1, 0.15) is 22.3 Å². The first-order valence-electron chi connectivity index (χ1n) is 22.5. The standard InChI is InChI=1S/C62H37N3O/c1-3-15-38(16-4-1)59-63-60(39-17-5-2-6-18-39)65-61(64-59)49-23-14-28-56-58(49)50-37-43(33-34-55(50)66-56)41-29-30-42-36-44(32-31-40(42)35-41)45-22-13-27-54-57(45)48-21-9-12-26-53(48)62(54)51-24-10-7-19-46(51)47-20-8-11-25-52(47)62/h1-37H. The van der Waals surface area contributed by atoms with Gasteiger partial charge >= 0.3 is 0 Å². The van der Waals surface area contributed by atoms with Gasteiger partial charge in [0.15, 0.2) is 17.5 Å². The molecule has 0 atom stereocenters. The van der Waals surface area contributed by atoms with Crippen molar-refractivity contribution in [1.82, 2.24) is 15.0 Å². The monoisotopic (exact) mass is 839 g/mol. The third kappa shape index (κ3) is 5.30. The van der Waals surface area contributed by atoms with Crippen LogP contribution in [0.2, 0.25) is 0 Å². The van der Waals surface area contributed by atoms with E-state index in [0.29, 0.717) is 17.5 Å². The molecule has 4 nitrogen and oxygen atoms in total. The van der Waals surface area contributed by atoms with Gasteiger partial charge in [-0.2, -0.15) is 0 Å². The number of fused-ring (bicyclic) bond motifs is 14. The second-order valence-corrected chi connectivity index (χ2v) is 17.4. The zero-order chi connectivity index (χ0) is 43.3. The molecule has 2 aromatic heterocycles. The summed E-state index contributed by atoms with van der Waals surface area (Å²) in [6.45, 7) is 0. The van der Waals surface area contributed by atoms with E-state index in [1.165, 1.54) is 66.4 Å². The van der Waals surface area contributed by atoms with E-state index in [-0.39, 0.29) is 5.41 Å². The fraction of sp³-hybridized carbons (Fsp3) is 0.0161. The van der Waals surface area contributed by atoms with E-state index in [9.17, 15) is 0 Å². The molecule has 0 unspecified atom stereocenters. The molecule has 2 aliphatic carbocycles. The van der Waals surface area contributed by atoms with Gasteiger partial charge in [0.25, 0.3) is 0 Å². The molecule has 10 aromatic carbocycles. The van der Waals surface area contributed by atoms with Crippen molar-refractivity contribution < 1.29 is 4.42 Å². The molecule has 0 saturated carbocycles. The van der Waals surface area contributed by atoms with Gasteiger partial charge < -0.3 is 4.42 Å². The average Bonchev–Trinajstić information content (AvgIpc) is 4.03. The maximum Gasteiger partial charge on any atom is 0.164 e. The Morgan fingerprint density at radius 2 is 0.788 bits per heavy atom. The number of furan rings is 1. The Bertz CT molecular complexity index is 3840. The van der Waals surface area contributed by atoms with Crippen molar-refractivity contribution in [2.45, 2.75) is 5.41 Å². The summed E-state index contributed by atoms with van der Waals surface area (Å²) in [6, 6.07) is 80.5. The fourth-order valence-electron chi connectivity index (χ4n) is 11.1. The summed E-state index contributed by atoms with van der Waals surface area (Å²) in [4.78, 5) is 15.1. The van der Waals surface area contributed by atoms with Crippen molar-refractivity contribution in [3.63, 3.8) is 0 Å². The maximum atomic E-state index is 6.51. The van der Waals surface area contributed by atoms with Gasteiger partial charge in [-0.1, -0.05) is 194 Å². The molecule has 306 valence electrons. The zero-order valence-electron chi connectivity index (χ0n) is 35.6. The van der Waals surface area contributed by atoms with Gasteiger partial charge in [-0.05, 0) is 108 Å². The second-order valence-electron chi connectivity index (χ2n) is 17.4. The molecule has 0 bridgehead atoms. The van der Waals surface area contributed by atoms with Crippen molar-refractivity contribution >= 4 is 32.7 Å². The molecular formula is C62H37N3O. The molecule has 14 rings (SSSR count). The lowest BCUT2D eigenvalue weighted by Gasteiger charge is -2.30. The summed E-state index contributed by atoms with van der Waals surface area (Å²) in [5.41, 5.74) is 19.4. The molecule has 4 heteroatoms. The van der Waals surface area contributed by atoms with Crippen LogP contribution in [-0.4, -0.2) is 15.0 Å². The van der Waals surface area contributed by atoms with Crippen molar-refractivity contribution in [1.29, 1.82) is 0 Å². The number of hydrogen-bond donors (Lipinski definition) is 0. The third-order valence-corrected chi connectivity index (χ3v) is 13.9. The lowest BCUT2D eigenvalue weighted by Crippen LogP contribution is -2.25. The first-order valence-corrected chi connectivity index (χ1v) is 22.5. The van der Waals surface area contributed by atoms with E-state index >= 15 is 0 Å². The van der Waals surface area contributed by atoms with Crippen molar-refractivity contribution in [3.05, 3.63) is 247 Å². The minimum Gasteiger partial charge on any atom is -0.456 e. The lowest BCUT2D eigenvalue weighted by molar-refractivity contribution is 0.669. The average molecular weight is 840 g/mol. The molecule has 2 heterocycles. The Balaban J connectivity index is 0.875. The van der Waals surface area contributed by atoms with Crippen LogP contribution in [0.25, 0.3) is 111 Å². The Labute approximate surface area is 381 Å². The molecule has 12 aromatic rings. The first kappa shape index (κ1) is 36.7. The highest BCUT2D eigenvalue weighted by Gasteiger charge is 2.51. The third-order valence-electron chi connectivity index (χ3n) is 13.9. The quantitative estimate of drug-likeness (QED) is 0.173. The Morgan fingerprint density at radius 1 is 0.303 bits per heavy atom. The van der Waals surface area contributed by atoms with Crippen molar-refractivity contribution in [2.75, 3.05) is 0 Å². The van der Waals surface area contributed by atoms with Gasteiger partial charge in [-0.25, -0.2) is 15.0 Å². The highest BCUT2D eigenvalue weighted by Crippen LogP contribution is 2.64. The van der Waals surface area contributed by atoms with Gasteiger partial charge in [-0.3, -0.25) is 0 Å². The van der Waals surface area contributed by atoms with Gasteiger partial charge in [0.1, 0.15) is 11.2 Å². The minimum atomic E-state index is -0.370. The Hall–Kier alpha value is -8.73. The van der Waals surface area contributed by atoms with E-state index < -0.39 is 0 Å². The van der Waals surface area contributed by atoms with Gasteiger partial charge in [0, 0.05) is 27.5 Å². The summed E-state index contributed by atoms with van der Waals surface area (Å²) in [5.74, 6) is 1.85. The predicted molar refractivity (Wildman–Crippen MR) is 268 cm³/mol. The number of nitrogens with zero attached hydrogens (tertiary/aromatic N) is 3. The summed E-state index contributed by atoms with van der Waals surface area (Å²) < 4.78 is 6.51. The molecule has 0 fully saturated rings. The van der Waals surface area contributed by atoms with Crippen LogP contribution in [0, 0.1) is 0 Å². The van der Waals surface area contributed by atoms with E-state index in [2.05, 4.69) is 152 Å². The van der Waals surface area contributed by atoms with Gasteiger partial charge in [0.2, 0.25) is 0 Å². The van der Waals surface area contributed by atoms with E-state index in [1.807, 2.05) is 72.8 Å². The minimum absolute atomic E-state index is 0.370. The second kappa shape index (κ2) is 14.1. The fourth-order valence-corrected chi connectivity index (χ4v) is 11.1. The highest BCUT2D eigenvalue weighted by molar-refractivity contribution is 6.13. The molecule has 0 radical (unpaired) electrons. The van der Waals surface area contributed by atoms with E-state index in [1.54, 1.807) is 0 Å². The van der Waals surface area contributed by atoms with Crippen LogP contribution in [0.3, 0.4) is 0 Å². The molecule has 2 aliphatic rings. The van der Waals surface area contributed by atoms with Crippen LogP contribution in [0.15, 0.2) is 229 Å². The zero-order valence-corrected chi connectivity index (χ0v) is 35.6. The van der Waals surface area contributed by atoms with Crippen LogP contribution < -0.4 is 0 Å². The molecule has 0 aliphatic heterocycles. The lowest BCUT2D eigenvalue weighted by atomic mass is 9.70. The molecular weight excluding hydrogens is 803 g/mol. The van der Waals surface area contributed by atoms with E-state index in [0.717, 1.165) is 49.8 Å². The Kier molecular flexibility index (Phi) is 7.87. The summed E-state index contributed by atoms with van der Waals surface area (Å²) in [6.07, 6.45) is 0. The summed E-state index contributed by atoms with van der Waals surface area (Å²) in [5, 5.41) is 4.37. The topological polar surface area (TPSA) is 51.8 Å². The summed E-state index contributed by atoms with van der Waals surface area (Å²) in [7, 11) is 0. The van der Waals surface area contributed by atoms with Gasteiger partial charge in [-0.15, -0.1) is 0 Å². The smallest absolute Gasteiger partial charge is 0.164 e. The predicted octanol–water partition coefficient (Wildman–Crippen LogP) is 15.6. The van der Waals surface area contributed by atoms with Crippen LogP contribution >= 0.6 is 0 Å². The van der Waals surface area contributed by atoms with Crippen molar-refractivity contribution in [3.8, 4) is 78.7 Å². The molecule has 66 heavy (non-hydrogen) atoms. The highest BCUT2D eigenvalue weighted by atomic mass is 16.3. The molecule has 0 saturated heterocycles. The van der Waals surface area contributed by atoms with Crippen LogP contribution in [0.5, 0.6) is 0 Å². The number of aromatic nitrogens is 3. The molecule has 1 spiro atoms. The largest absolute Gasteiger partial charge is 0.456 e. The van der Waals surface area contributed by atoms with Crippen LogP contribution in [-0.2, 0) is 5.41 Å². The molecule has 0 amide bonds. The number of rotatable bonds is 5.